The molecule has 1 N–H and O–H groups in total. The van der Waals surface area contributed by atoms with Crippen LogP contribution in [0, 0.1) is 20.8 Å². The molecule has 2 rings (SSSR count). The summed E-state index contributed by atoms with van der Waals surface area (Å²) >= 11 is 3.60. The van der Waals surface area contributed by atoms with E-state index in [9.17, 15) is 0 Å². The smallest absolute Gasteiger partial charge is 0.0363 e. The normalized spacial score (nSPS) is 12.4. The Labute approximate surface area is 136 Å². The van der Waals surface area contributed by atoms with Gasteiger partial charge in [-0.3, -0.25) is 0 Å². The highest BCUT2D eigenvalue weighted by molar-refractivity contribution is 9.10. The number of benzene rings is 2. The highest BCUT2D eigenvalue weighted by Gasteiger charge is 2.16. The lowest BCUT2D eigenvalue weighted by Crippen LogP contribution is -2.24. The van der Waals surface area contributed by atoms with Crippen molar-refractivity contribution in [3.05, 3.63) is 68.7 Å². The number of rotatable bonds is 5. The minimum atomic E-state index is 0.354. The van der Waals surface area contributed by atoms with E-state index in [2.05, 4.69) is 85.3 Å². The second-order valence-corrected chi connectivity index (χ2v) is 6.60. The number of likely N-dealkylation sites (N-methyl/N-ethyl adjacent to an activating group) is 1. The average molecular weight is 346 g/mol. The van der Waals surface area contributed by atoms with Gasteiger partial charge in [0.15, 0.2) is 0 Å². The Morgan fingerprint density at radius 3 is 2.29 bits per heavy atom. The largest absolute Gasteiger partial charge is 0.310 e. The first-order valence-electron chi connectivity index (χ1n) is 7.57. The molecular weight excluding hydrogens is 322 g/mol. The van der Waals surface area contributed by atoms with Crippen LogP contribution in [0.25, 0.3) is 0 Å². The Balaban J connectivity index is 2.38. The van der Waals surface area contributed by atoms with Crippen LogP contribution in [0.1, 0.15) is 40.8 Å². The van der Waals surface area contributed by atoms with E-state index < -0.39 is 0 Å². The van der Waals surface area contributed by atoms with Crippen LogP contribution in [0.5, 0.6) is 0 Å². The van der Waals surface area contributed by atoms with E-state index in [4.69, 9.17) is 0 Å². The molecule has 0 saturated carbocycles. The molecule has 0 spiro atoms. The minimum absolute atomic E-state index is 0.354. The molecule has 0 saturated heterocycles. The van der Waals surface area contributed by atoms with Gasteiger partial charge in [-0.25, -0.2) is 0 Å². The zero-order valence-electron chi connectivity index (χ0n) is 13.3. The second kappa shape index (κ2) is 7.24. The van der Waals surface area contributed by atoms with E-state index in [1.807, 2.05) is 0 Å². The van der Waals surface area contributed by atoms with Crippen molar-refractivity contribution in [2.75, 3.05) is 6.54 Å². The van der Waals surface area contributed by atoms with Gasteiger partial charge >= 0.3 is 0 Å². The van der Waals surface area contributed by atoms with Crippen molar-refractivity contribution < 1.29 is 0 Å². The Kier molecular flexibility index (Phi) is 5.60. The van der Waals surface area contributed by atoms with Gasteiger partial charge < -0.3 is 5.32 Å². The first-order valence-corrected chi connectivity index (χ1v) is 8.36. The molecule has 0 aliphatic carbocycles. The summed E-state index contributed by atoms with van der Waals surface area (Å²) in [5.74, 6) is 0. The lowest BCUT2D eigenvalue weighted by molar-refractivity contribution is 0.545. The van der Waals surface area contributed by atoms with E-state index >= 15 is 0 Å². The number of nitrogens with one attached hydrogen (secondary N) is 1. The van der Waals surface area contributed by atoms with Crippen molar-refractivity contribution >= 4 is 15.9 Å². The SMILES string of the molecule is CCNC(Cc1c(C)cccc1C)c1cc(Br)ccc1C. The van der Waals surface area contributed by atoms with Crippen LogP contribution in [-0.2, 0) is 6.42 Å². The summed E-state index contributed by atoms with van der Waals surface area (Å²) in [5, 5.41) is 3.65. The molecule has 0 fully saturated rings. The van der Waals surface area contributed by atoms with E-state index in [-0.39, 0.29) is 0 Å². The van der Waals surface area contributed by atoms with Gasteiger partial charge in [0.05, 0.1) is 0 Å². The third-order valence-electron chi connectivity index (χ3n) is 4.12. The van der Waals surface area contributed by atoms with Crippen LogP contribution in [-0.4, -0.2) is 6.54 Å². The molecule has 1 nitrogen and oxygen atoms in total. The van der Waals surface area contributed by atoms with Gasteiger partial charge in [0.2, 0.25) is 0 Å². The fraction of sp³-hybridized carbons (Fsp3) is 0.368. The average Bonchev–Trinajstić information content (AvgIpc) is 2.44. The molecular formula is C19H24BrN. The van der Waals surface area contributed by atoms with Gasteiger partial charge in [-0.1, -0.05) is 47.1 Å². The molecule has 0 aromatic heterocycles. The first-order chi connectivity index (χ1) is 10.0. The molecule has 21 heavy (non-hydrogen) atoms. The first kappa shape index (κ1) is 16.3. The van der Waals surface area contributed by atoms with Crippen LogP contribution in [0.4, 0.5) is 0 Å². The summed E-state index contributed by atoms with van der Waals surface area (Å²) in [7, 11) is 0. The van der Waals surface area contributed by atoms with Crippen LogP contribution in [0.15, 0.2) is 40.9 Å². The van der Waals surface area contributed by atoms with E-state index in [1.165, 1.54) is 27.8 Å². The number of hydrogen-bond donors (Lipinski definition) is 1. The highest BCUT2D eigenvalue weighted by atomic mass is 79.9. The van der Waals surface area contributed by atoms with E-state index in [0.717, 1.165) is 17.4 Å². The van der Waals surface area contributed by atoms with Crippen LogP contribution in [0.2, 0.25) is 0 Å². The Hall–Kier alpha value is -1.12. The quantitative estimate of drug-likeness (QED) is 0.778. The highest BCUT2D eigenvalue weighted by Crippen LogP contribution is 2.27. The molecule has 0 aliphatic heterocycles. The van der Waals surface area contributed by atoms with Gasteiger partial charge in [0.1, 0.15) is 0 Å². The molecule has 0 bridgehead atoms. The molecule has 0 aliphatic rings. The molecule has 0 heterocycles. The van der Waals surface area contributed by atoms with Gasteiger partial charge in [0.25, 0.3) is 0 Å². The Morgan fingerprint density at radius 1 is 1.00 bits per heavy atom. The maximum absolute atomic E-state index is 3.65. The van der Waals surface area contributed by atoms with Crippen molar-refractivity contribution in [2.45, 2.75) is 40.2 Å². The van der Waals surface area contributed by atoms with Gasteiger partial charge in [-0.2, -0.15) is 0 Å². The third kappa shape index (κ3) is 3.96. The Morgan fingerprint density at radius 2 is 1.67 bits per heavy atom. The molecule has 0 radical (unpaired) electrons. The Bertz CT molecular complexity index is 599. The van der Waals surface area contributed by atoms with Crippen molar-refractivity contribution in [2.24, 2.45) is 0 Å². The van der Waals surface area contributed by atoms with Crippen LogP contribution < -0.4 is 5.32 Å². The monoisotopic (exact) mass is 345 g/mol. The van der Waals surface area contributed by atoms with Crippen molar-refractivity contribution in [3.8, 4) is 0 Å². The maximum Gasteiger partial charge on any atom is 0.0363 e. The number of halogens is 1. The maximum atomic E-state index is 3.65. The molecule has 2 aromatic carbocycles. The topological polar surface area (TPSA) is 12.0 Å². The third-order valence-corrected chi connectivity index (χ3v) is 4.61. The molecule has 1 atom stereocenters. The van der Waals surface area contributed by atoms with Gasteiger partial charge in [0, 0.05) is 10.5 Å². The number of aryl methyl sites for hydroxylation is 3. The van der Waals surface area contributed by atoms with Crippen LogP contribution in [0.3, 0.4) is 0 Å². The van der Waals surface area contributed by atoms with Gasteiger partial charge in [-0.05, 0) is 73.7 Å². The molecule has 2 aromatic rings. The lowest BCUT2D eigenvalue weighted by Gasteiger charge is -2.23. The zero-order chi connectivity index (χ0) is 15.4. The lowest BCUT2D eigenvalue weighted by atomic mass is 9.91. The summed E-state index contributed by atoms with van der Waals surface area (Å²) in [6.07, 6.45) is 1.03. The van der Waals surface area contributed by atoms with E-state index in [0.29, 0.717) is 6.04 Å². The predicted octanol–water partition coefficient (Wildman–Crippen LogP) is 5.27. The van der Waals surface area contributed by atoms with Crippen molar-refractivity contribution in [1.82, 2.24) is 5.32 Å². The molecule has 1 unspecified atom stereocenters. The molecule has 2 heteroatoms. The molecule has 0 amide bonds. The van der Waals surface area contributed by atoms with Crippen LogP contribution >= 0.6 is 15.9 Å². The molecule has 112 valence electrons. The van der Waals surface area contributed by atoms with E-state index in [1.54, 1.807) is 0 Å². The minimum Gasteiger partial charge on any atom is -0.310 e. The fourth-order valence-corrected chi connectivity index (χ4v) is 3.28. The summed E-state index contributed by atoms with van der Waals surface area (Å²) in [6.45, 7) is 9.75. The van der Waals surface area contributed by atoms with Crippen molar-refractivity contribution in [1.29, 1.82) is 0 Å². The summed E-state index contributed by atoms with van der Waals surface area (Å²) in [5.41, 5.74) is 6.95. The van der Waals surface area contributed by atoms with Crippen molar-refractivity contribution in [3.63, 3.8) is 0 Å². The zero-order valence-corrected chi connectivity index (χ0v) is 14.9. The number of hydrogen-bond acceptors (Lipinski definition) is 1. The second-order valence-electron chi connectivity index (χ2n) is 5.69. The standard InChI is InChI=1S/C19H24BrN/c1-5-21-19(18-11-16(20)10-9-15(18)4)12-17-13(2)7-6-8-14(17)3/h6-11,19,21H,5,12H2,1-4H3. The summed E-state index contributed by atoms with van der Waals surface area (Å²) < 4.78 is 1.15. The fourth-order valence-electron chi connectivity index (χ4n) is 2.90. The predicted molar refractivity (Wildman–Crippen MR) is 94.9 cm³/mol. The van der Waals surface area contributed by atoms with Gasteiger partial charge in [-0.15, -0.1) is 0 Å². The summed E-state index contributed by atoms with van der Waals surface area (Å²) in [6, 6.07) is 13.5. The summed E-state index contributed by atoms with van der Waals surface area (Å²) in [4.78, 5) is 0.